The van der Waals surface area contributed by atoms with Crippen LogP contribution in [-0.2, 0) is 4.74 Å². The lowest BCUT2D eigenvalue weighted by Gasteiger charge is -2.24. The Bertz CT molecular complexity index is 421. The minimum atomic E-state index is -0.366. The molecule has 4 rings (SSSR count). The number of carbonyl (C=O) groups is 1. The molecule has 2 saturated carbocycles. The van der Waals surface area contributed by atoms with Crippen molar-refractivity contribution < 1.29 is 9.53 Å². The fraction of sp³-hybridized carbons (Fsp3) is 0.950. The lowest BCUT2D eigenvalue weighted by Crippen LogP contribution is -2.35. The molecule has 2 unspecified atom stereocenters. The summed E-state index contributed by atoms with van der Waals surface area (Å²) in [5.74, 6) is 3.65. The number of amides is 1. The minimum Gasteiger partial charge on any atom is -0.444 e. The van der Waals surface area contributed by atoms with Gasteiger partial charge in [0, 0.05) is 26.2 Å². The van der Waals surface area contributed by atoms with Crippen molar-refractivity contribution >= 4 is 6.09 Å². The second kappa shape index (κ2) is 7.23. The van der Waals surface area contributed by atoms with Crippen molar-refractivity contribution in [2.75, 3.05) is 33.2 Å². The highest BCUT2D eigenvalue weighted by Gasteiger charge is 2.39. The highest BCUT2D eigenvalue weighted by atomic mass is 16.6. The Hall–Kier alpha value is -0.770. The van der Waals surface area contributed by atoms with Crippen LogP contribution in [0.1, 0.15) is 59.3 Å². The van der Waals surface area contributed by atoms with Crippen LogP contribution in [0.5, 0.6) is 0 Å². The summed E-state index contributed by atoms with van der Waals surface area (Å²) in [6.45, 7) is 10.3. The van der Waals surface area contributed by atoms with Gasteiger partial charge in [-0.05, 0) is 77.2 Å². The molecule has 4 aliphatic rings. The molecular weight excluding hydrogens is 300 g/mol. The molecule has 4 fully saturated rings. The SMILES string of the molecule is CC(C)(C)OC(=O)N1CC2CCC[C@H]2C1.CN1CC2CCC[C@H]2C1. The molecule has 0 aromatic rings. The van der Waals surface area contributed by atoms with Gasteiger partial charge in [-0.1, -0.05) is 12.8 Å². The molecule has 0 aromatic carbocycles. The van der Waals surface area contributed by atoms with E-state index in [4.69, 9.17) is 4.74 Å². The van der Waals surface area contributed by atoms with Gasteiger partial charge in [-0.3, -0.25) is 0 Å². The average Bonchev–Trinajstić information content (AvgIpc) is 3.14. The van der Waals surface area contributed by atoms with E-state index in [1.807, 2.05) is 25.7 Å². The maximum atomic E-state index is 11.8. The maximum Gasteiger partial charge on any atom is 0.410 e. The van der Waals surface area contributed by atoms with Crippen molar-refractivity contribution in [3.63, 3.8) is 0 Å². The predicted octanol–water partition coefficient (Wildman–Crippen LogP) is 4.00. The smallest absolute Gasteiger partial charge is 0.410 e. The molecule has 4 atom stereocenters. The van der Waals surface area contributed by atoms with E-state index in [1.165, 1.54) is 51.6 Å². The van der Waals surface area contributed by atoms with E-state index < -0.39 is 0 Å². The quantitative estimate of drug-likeness (QED) is 0.670. The number of fused-ring (bicyclic) bond motifs is 2. The molecule has 1 amide bonds. The van der Waals surface area contributed by atoms with Gasteiger partial charge < -0.3 is 14.5 Å². The van der Waals surface area contributed by atoms with Gasteiger partial charge in [0.05, 0.1) is 0 Å². The number of nitrogens with zero attached hydrogens (tertiary/aromatic N) is 2. The van der Waals surface area contributed by atoms with Crippen LogP contribution in [-0.4, -0.2) is 54.7 Å². The topological polar surface area (TPSA) is 32.8 Å². The zero-order valence-electron chi connectivity index (χ0n) is 16.1. The molecular formula is C20H36N2O2. The van der Waals surface area contributed by atoms with Crippen molar-refractivity contribution in [2.45, 2.75) is 64.9 Å². The third kappa shape index (κ3) is 4.44. The number of carbonyl (C=O) groups excluding carboxylic acids is 1. The average molecular weight is 337 g/mol. The van der Waals surface area contributed by atoms with Crippen LogP contribution in [0.3, 0.4) is 0 Å². The van der Waals surface area contributed by atoms with E-state index in [1.54, 1.807) is 0 Å². The first-order valence-electron chi connectivity index (χ1n) is 9.98. The second-order valence-corrected chi connectivity index (χ2v) is 9.51. The largest absolute Gasteiger partial charge is 0.444 e. The summed E-state index contributed by atoms with van der Waals surface area (Å²) in [6.07, 6.45) is 8.33. The molecule has 4 nitrogen and oxygen atoms in total. The van der Waals surface area contributed by atoms with Gasteiger partial charge in [0.15, 0.2) is 0 Å². The van der Waals surface area contributed by atoms with Gasteiger partial charge in [-0.15, -0.1) is 0 Å². The fourth-order valence-corrected chi connectivity index (χ4v) is 5.18. The molecule has 0 radical (unpaired) electrons. The maximum absolute atomic E-state index is 11.8. The van der Waals surface area contributed by atoms with Crippen LogP contribution in [0.15, 0.2) is 0 Å². The Kier molecular flexibility index (Phi) is 5.43. The molecule has 0 aromatic heterocycles. The van der Waals surface area contributed by atoms with Crippen molar-refractivity contribution in [2.24, 2.45) is 23.7 Å². The normalized spacial score (nSPS) is 35.4. The number of rotatable bonds is 0. The highest BCUT2D eigenvalue weighted by Crippen LogP contribution is 2.38. The second-order valence-electron chi connectivity index (χ2n) is 9.51. The number of hydrogen-bond donors (Lipinski definition) is 0. The van der Waals surface area contributed by atoms with E-state index in [0.29, 0.717) is 0 Å². The van der Waals surface area contributed by atoms with Crippen LogP contribution in [0.25, 0.3) is 0 Å². The zero-order chi connectivity index (χ0) is 17.3. The van der Waals surface area contributed by atoms with Crippen LogP contribution in [0, 0.1) is 23.7 Å². The Morgan fingerprint density at radius 1 is 0.833 bits per heavy atom. The molecule has 2 aliphatic carbocycles. The van der Waals surface area contributed by atoms with Crippen LogP contribution in [0.2, 0.25) is 0 Å². The van der Waals surface area contributed by atoms with Crippen LogP contribution >= 0.6 is 0 Å². The summed E-state index contributed by atoms with van der Waals surface area (Å²) in [5.41, 5.74) is -0.366. The van der Waals surface area contributed by atoms with Gasteiger partial charge >= 0.3 is 6.09 Å². The summed E-state index contributed by atoms with van der Waals surface area (Å²) in [7, 11) is 2.25. The van der Waals surface area contributed by atoms with Crippen molar-refractivity contribution in [1.29, 1.82) is 0 Å². The third-order valence-corrected chi connectivity index (χ3v) is 6.29. The van der Waals surface area contributed by atoms with Crippen LogP contribution < -0.4 is 0 Å². The molecule has 138 valence electrons. The minimum absolute atomic E-state index is 0.128. The fourth-order valence-electron chi connectivity index (χ4n) is 5.18. The summed E-state index contributed by atoms with van der Waals surface area (Å²) >= 11 is 0. The van der Waals surface area contributed by atoms with Gasteiger partial charge in [-0.25, -0.2) is 4.79 Å². The van der Waals surface area contributed by atoms with E-state index in [-0.39, 0.29) is 11.7 Å². The molecule has 0 spiro atoms. The Labute approximate surface area is 147 Å². The Morgan fingerprint density at radius 3 is 1.67 bits per heavy atom. The van der Waals surface area contributed by atoms with E-state index in [9.17, 15) is 4.79 Å². The van der Waals surface area contributed by atoms with E-state index in [2.05, 4.69) is 11.9 Å². The summed E-state index contributed by atoms with van der Waals surface area (Å²) in [6, 6.07) is 0. The predicted molar refractivity (Wildman–Crippen MR) is 97.0 cm³/mol. The van der Waals surface area contributed by atoms with E-state index in [0.717, 1.165) is 36.8 Å². The first-order valence-corrected chi connectivity index (χ1v) is 9.98. The molecule has 2 aliphatic heterocycles. The Balaban J connectivity index is 0.000000159. The van der Waals surface area contributed by atoms with Gasteiger partial charge in [0.2, 0.25) is 0 Å². The summed E-state index contributed by atoms with van der Waals surface area (Å²) in [4.78, 5) is 16.2. The van der Waals surface area contributed by atoms with E-state index >= 15 is 0 Å². The number of hydrogen-bond acceptors (Lipinski definition) is 3. The van der Waals surface area contributed by atoms with Gasteiger partial charge in [0.25, 0.3) is 0 Å². The molecule has 0 bridgehead atoms. The first-order chi connectivity index (χ1) is 11.3. The standard InChI is InChI=1S/C12H21NO2.C8H15N/c1-12(2,3)15-11(14)13-7-9-5-4-6-10(9)8-13;1-9-5-7-3-2-4-8(7)6-9/h9-10H,4-8H2,1-3H3;7-8H,2-6H2,1H3/t9-,10?;7-,8?/m00/s1. The monoisotopic (exact) mass is 336 g/mol. The lowest BCUT2D eigenvalue weighted by atomic mass is 10.0. The number of likely N-dealkylation sites (tertiary alicyclic amines) is 2. The summed E-state index contributed by atoms with van der Waals surface area (Å²) in [5, 5.41) is 0. The highest BCUT2D eigenvalue weighted by molar-refractivity contribution is 5.68. The van der Waals surface area contributed by atoms with Crippen molar-refractivity contribution in [3.05, 3.63) is 0 Å². The molecule has 0 N–H and O–H groups in total. The third-order valence-electron chi connectivity index (χ3n) is 6.29. The van der Waals surface area contributed by atoms with Gasteiger partial charge in [0.1, 0.15) is 5.60 Å². The lowest BCUT2D eigenvalue weighted by molar-refractivity contribution is 0.0280. The number of ether oxygens (including phenoxy) is 1. The van der Waals surface area contributed by atoms with Gasteiger partial charge in [-0.2, -0.15) is 0 Å². The van der Waals surface area contributed by atoms with Crippen molar-refractivity contribution in [1.82, 2.24) is 9.80 Å². The Morgan fingerprint density at radius 2 is 1.25 bits per heavy atom. The molecule has 2 heterocycles. The molecule has 2 saturated heterocycles. The van der Waals surface area contributed by atoms with Crippen LogP contribution in [0.4, 0.5) is 4.79 Å². The summed E-state index contributed by atoms with van der Waals surface area (Å²) < 4.78 is 5.37. The van der Waals surface area contributed by atoms with Crippen molar-refractivity contribution in [3.8, 4) is 0 Å². The molecule has 24 heavy (non-hydrogen) atoms. The zero-order valence-corrected chi connectivity index (χ0v) is 16.1. The first kappa shape index (κ1) is 18.0. The molecule has 4 heteroatoms.